The Bertz CT molecular complexity index is 429. The average Bonchev–Trinajstić information content (AvgIpc) is 2.44. The Balaban J connectivity index is 2.51. The van der Waals surface area contributed by atoms with Gasteiger partial charge in [-0.3, -0.25) is 4.79 Å². The molecule has 6 heteroatoms. The van der Waals surface area contributed by atoms with Crippen molar-refractivity contribution in [1.29, 1.82) is 0 Å². The van der Waals surface area contributed by atoms with Gasteiger partial charge >= 0.3 is 5.97 Å². The molecule has 0 aliphatic rings. The predicted molar refractivity (Wildman–Crippen MR) is 67.5 cm³/mol. The molecule has 0 aliphatic carbocycles. The second-order valence-electron chi connectivity index (χ2n) is 3.88. The van der Waals surface area contributed by atoms with Gasteiger partial charge in [0.2, 0.25) is 0 Å². The Hall–Kier alpha value is -1.92. The highest BCUT2D eigenvalue weighted by Crippen LogP contribution is 2.05. The van der Waals surface area contributed by atoms with E-state index in [0.29, 0.717) is 12.2 Å². The highest BCUT2D eigenvalue weighted by Gasteiger charge is 2.16. The van der Waals surface area contributed by atoms with Gasteiger partial charge in [0.25, 0.3) is 5.91 Å². The minimum Gasteiger partial charge on any atom is -0.467 e. The molecule has 1 aromatic carbocycles. The van der Waals surface area contributed by atoms with Crippen molar-refractivity contribution in [3.05, 3.63) is 35.4 Å². The summed E-state index contributed by atoms with van der Waals surface area (Å²) in [6.45, 7) is 0.286. The molecule has 19 heavy (non-hydrogen) atoms. The van der Waals surface area contributed by atoms with Crippen LogP contribution in [0.3, 0.4) is 0 Å². The quantitative estimate of drug-likeness (QED) is 0.714. The van der Waals surface area contributed by atoms with Gasteiger partial charge < -0.3 is 19.9 Å². The summed E-state index contributed by atoms with van der Waals surface area (Å²) in [5, 5.41) is 11.8. The molecule has 0 bridgehead atoms. The van der Waals surface area contributed by atoms with E-state index in [1.54, 1.807) is 31.4 Å². The van der Waals surface area contributed by atoms with Crippen LogP contribution in [0.4, 0.5) is 0 Å². The largest absolute Gasteiger partial charge is 0.467 e. The number of hydrogen-bond donors (Lipinski definition) is 2. The van der Waals surface area contributed by atoms with Crippen molar-refractivity contribution in [3.8, 4) is 0 Å². The molecule has 2 N–H and O–H groups in total. The molecule has 1 aromatic rings. The van der Waals surface area contributed by atoms with Gasteiger partial charge in [0.1, 0.15) is 0 Å². The SMILES string of the molecule is COCc1ccc(C(=O)NCC(O)C(=O)OC)cc1. The second-order valence-corrected chi connectivity index (χ2v) is 3.88. The first-order valence-corrected chi connectivity index (χ1v) is 5.70. The van der Waals surface area contributed by atoms with E-state index in [2.05, 4.69) is 10.1 Å². The van der Waals surface area contributed by atoms with E-state index in [4.69, 9.17) is 4.74 Å². The molecule has 104 valence electrons. The molecule has 0 saturated carbocycles. The van der Waals surface area contributed by atoms with E-state index in [9.17, 15) is 14.7 Å². The Labute approximate surface area is 111 Å². The van der Waals surface area contributed by atoms with Crippen molar-refractivity contribution in [1.82, 2.24) is 5.32 Å². The fourth-order valence-corrected chi connectivity index (χ4v) is 1.43. The van der Waals surface area contributed by atoms with Crippen molar-refractivity contribution in [2.75, 3.05) is 20.8 Å². The standard InChI is InChI=1S/C13H17NO5/c1-18-8-9-3-5-10(6-4-9)12(16)14-7-11(15)13(17)19-2/h3-6,11,15H,7-8H2,1-2H3,(H,14,16). The van der Waals surface area contributed by atoms with E-state index in [1.165, 1.54) is 7.11 Å². The fourth-order valence-electron chi connectivity index (χ4n) is 1.43. The summed E-state index contributed by atoms with van der Waals surface area (Å²) in [4.78, 5) is 22.7. The van der Waals surface area contributed by atoms with Crippen molar-refractivity contribution in [2.45, 2.75) is 12.7 Å². The Morgan fingerprint density at radius 3 is 2.42 bits per heavy atom. The van der Waals surface area contributed by atoms with Gasteiger partial charge in [-0.1, -0.05) is 12.1 Å². The highest BCUT2D eigenvalue weighted by molar-refractivity contribution is 5.94. The molecule has 6 nitrogen and oxygen atoms in total. The maximum atomic E-state index is 11.7. The van der Waals surface area contributed by atoms with Crippen molar-refractivity contribution in [2.24, 2.45) is 0 Å². The zero-order valence-corrected chi connectivity index (χ0v) is 10.9. The number of rotatable bonds is 6. The van der Waals surface area contributed by atoms with Gasteiger partial charge in [0, 0.05) is 12.7 Å². The van der Waals surface area contributed by atoms with Crippen LogP contribution in [0, 0.1) is 0 Å². The summed E-state index contributed by atoms with van der Waals surface area (Å²) in [6.07, 6.45) is -1.36. The van der Waals surface area contributed by atoms with Crippen LogP contribution in [0.1, 0.15) is 15.9 Å². The summed E-state index contributed by atoms with van der Waals surface area (Å²) < 4.78 is 9.30. The summed E-state index contributed by atoms with van der Waals surface area (Å²) in [6, 6.07) is 6.84. The molecule has 0 aliphatic heterocycles. The number of esters is 1. The van der Waals surface area contributed by atoms with Crippen LogP contribution in [-0.4, -0.2) is 43.9 Å². The zero-order chi connectivity index (χ0) is 14.3. The van der Waals surface area contributed by atoms with Crippen LogP contribution in [-0.2, 0) is 20.9 Å². The number of carbonyl (C=O) groups excluding carboxylic acids is 2. The monoisotopic (exact) mass is 267 g/mol. The molecule has 1 atom stereocenters. The third kappa shape index (κ3) is 4.69. The molecule has 0 aromatic heterocycles. The van der Waals surface area contributed by atoms with Gasteiger partial charge in [-0.2, -0.15) is 0 Å². The lowest BCUT2D eigenvalue weighted by Gasteiger charge is -2.10. The molecular weight excluding hydrogens is 250 g/mol. The molecule has 0 heterocycles. The van der Waals surface area contributed by atoms with Gasteiger partial charge in [0.05, 0.1) is 20.3 Å². The maximum absolute atomic E-state index is 11.7. The molecule has 0 saturated heterocycles. The maximum Gasteiger partial charge on any atom is 0.336 e. The molecule has 0 radical (unpaired) electrons. The molecule has 0 fully saturated rings. The van der Waals surface area contributed by atoms with Crippen LogP contribution >= 0.6 is 0 Å². The first kappa shape index (κ1) is 15.1. The Morgan fingerprint density at radius 2 is 1.89 bits per heavy atom. The minimum atomic E-state index is -1.36. The van der Waals surface area contributed by atoms with Crippen molar-refractivity contribution in [3.63, 3.8) is 0 Å². The zero-order valence-electron chi connectivity index (χ0n) is 10.9. The normalized spacial score (nSPS) is 11.7. The van der Waals surface area contributed by atoms with Gasteiger partial charge in [-0.25, -0.2) is 4.79 Å². The van der Waals surface area contributed by atoms with Crippen LogP contribution in [0.5, 0.6) is 0 Å². The lowest BCUT2D eigenvalue weighted by molar-refractivity contribution is -0.149. The van der Waals surface area contributed by atoms with E-state index in [-0.39, 0.29) is 12.5 Å². The fraction of sp³-hybridized carbons (Fsp3) is 0.385. The lowest BCUT2D eigenvalue weighted by atomic mass is 10.1. The third-order valence-corrected chi connectivity index (χ3v) is 2.46. The lowest BCUT2D eigenvalue weighted by Crippen LogP contribution is -2.37. The molecule has 0 spiro atoms. The summed E-state index contributed by atoms with van der Waals surface area (Å²) in [5.74, 6) is -1.15. The second kappa shape index (κ2) is 7.50. The number of nitrogens with one attached hydrogen (secondary N) is 1. The number of aliphatic hydroxyl groups is 1. The van der Waals surface area contributed by atoms with Crippen molar-refractivity contribution < 1.29 is 24.2 Å². The number of carbonyl (C=O) groups is 2. The third-order valence-electron chi connectivity index (χ3n) is 2.46. The average molecular weight is 267 g/mol. The number of methoxy groups -OCH3 is 2. The predicted octanol–water partition coefficient (Wildman–Crippen LogP) is 0.0967. The number of aliphatic hydroxyl groups excluding tert-OH is 1. The highest BCUT2D eigenvalue weighted by atomic mass is 16.5. The van der Waals surface area contributed by atoms with Crippen LogP contribution in [0.25, 0.3) is 0 Å². The summed E-state index contributed by atoms with van der Waals surface area (Å²) >= 11 is 0. The first-order valence-electron chi connectivity index (χ1n) is 5.70. The smallest absolute Gasteiger partial charge is 0.336 e. The Morgan fingerprint density at radius 1 is 1.26 bits per heavy atom. The van der Waals surface area contributed by atoms with E-state index in [1.807, 2.05) is 0 Å². The molecular formula is C13H17NO5. The number of ether oxygens (including phenoxy) is 2. The van der Waals surface area contributed by atoms with E-state index >= 15 is 0 Å². The minimum absolute atomic E-state index is 0.189. The van der Waals surface area contributed by atoms with Crippen LogP contribution in [0.2, 0.25) is 0 Å². The summed E-state index contributed by atoms with van der Waals surface area (Å²) in [7, 11) is 2.76. The van der Waals surface area contributed by atoms with E-state index in [0.717, 1.165) is 5.56 Å². The van der Waals surface area contributed by atoms with Crippen LogP contribution < -0.4 is 5.32 Å². The number of hydrogen-bond acceptors (Lipinski definition) is 5. The number of amides is 1. The van der Waals surface area contributed by atoms with Gasteiger partial charge in [-0.05, 0) is 17.7 Å². The van der Waals surface area contributed by atoms with Crippen molar-refractivity contribution >= 4 is 11.9 Å². The number of benzene rings is 1. The molecule has 1 amide bonds. The topological polar surface area (TPSA) is 84.9 Å². The van der Waals surface area contributed by atoms with Crippen LogP contribution in [0.15, 0.2) is 24.3 Å². The molecule has 1 rings (SSSR count). The summed E-state index contributed by atoms with van der Waals surface area (Å²) in [5.41, 5.74) is 1.39. The van der Waals surface area contributed by atoms with E-state index < -0.39 is 12.1 Å². The van der Waals surface area contributed by atoms with Gasteiger partial charge in [-0.15, -0.1) is 0 Å². The first-order chi connectivity index (χ1) is 9.08. The Kier molecular flexibility index (Phi) is 5.98. The van der Waals surface area contributed by atoms with Gasteiger partial charge in [0.15, 0.2) is 6.10 Å². The molecule has 1 unspecified atom stereocenters.